The zero-order valence-corrected chi connectivity index (χ0v) is 22.5. The molecule has 0 aromatic rings. The van der Waals surface area contributed by atoms with Crippen LogP contribution in [0, 0.1) is 11.3 Å². The van der Waals surface area contributed by atoms with Crippen molar-refractivity contribution in [1.29, 1.82) is 0 Å². The molecular weight excluding hydrogens is 676 g/mol. The Morgan fingerprint density at radius 3 is 1.45 bits per heavy atom. The van der Waals surface area contributed by atoms with Crippen LogP contribution in [0.3, 0.4) is 0 Å². The third-order valence-corrected chi connectivity index (χ3v) is 8.52. The summed E-state index contributed by atoms with van der Waals surface area (Å²) in [5, 5.41) is 15.2. The van der Waals surface area contributed by atoms with Crippen molar-refractivity contribution in [2.24, 2.45) is 11.3 Å². The fraction of sp³-hybridized carbons (Fsp3) is 1.00. The molecule has 0 rings (SSSR count). The Kier molecular flexibility index (Phi) is 14.8. The fourth-order valence-corrected chi connectivity index (χ4v) is 8.82. The molecule has 22 heavy (non-hydrogen) atoms. The maximum absolute atomic E-state index is 10.5. The van der Waals surface area contributed by atoms with E-state index >= 15 is 0 Å². The predicted molar refractivity (Wildman–Crippen MR) is 121 cm³/mol. The summed E-state index contributed by atoms with van der Waals surface area (Å²) < 4.78 is -0.0965. The summed E-state index contributed by atoms with van der Waals surface area (Å²) in [5.41, 5.74) is 0.126. The van der Waals surface area contributed by atoms with Gasteiger partial charge in [0, 0.05) is 36.9 Å². The summed E-state index contributed by atoms with van der Waals surface area (Å²) in [4.78, 5) is 0. The van der Waals surface area contributed by atoms with E-state index in [9.17, 15) is 5.11 Å². The van der Waals surface area contributed by atoms with E-state index in [1.165, 1.54) is 0 Å². The van der Waals surface area contributed by atoms with Gasteiger partial charge in [-0.3, -0.25) is 0 Å². The molecular formula is C15H26Br6O. The molecule has 0 fully saturated rings. The number of aliphatic hydroxyl groups is 1. The molecule has 0 aliphatic rings. The van der Waals surface area contributed by atoms with Crippen molar-refractivity contribution in [1.82, 2.24) is 0 Å². The minimum atomic E-state index is -0.337. The van der Waals surface area contributed by atoms with Gasteiger partial charge < -0.3 is 5.11 Å². The lowest BCUT2D eigenvalue weighted by molar-refractivity contribution is 0.0359. The normalized spacial score (nSPS) is 18.0. The lowest BCUT2D eigenvalue weighted by Gasteiger charge is -2.53. The fourth-order valence-electron chi connectivity index (χ4n) is 3.49. The SMILES string of the molecule is CC(O)C(CCBr)C(Br)(CCBr)C(CCBr)(CCBr)CCBr. The predicted octanol–water partition coefficient (Wildman–Crippen LogP) is 7.03. The number of hydrogen-bond donors (Lipinski definition) is 1. The molecule has 0 aliphatic heterocycles. The van der Waals surface area contributed by atoms with Crippen molar-refractivity contribution in [2.75, 3.05) is 26.7 Å². The van der Waals surface area contributed by atoms with Gasteiger partial charge in [-0.1, -0.05) is 95.6 Å². The monoisotopic (exact) mass is 696 g/mol. The molecule has 0 aromatic heterocycles. The zero-order chi connectivity index (χ0) is 17.2. The van der Waals surface area contributed by atoms with Gasteiger partial charge in [0.2, 0.25) is 0 Å². The maximum Gasteiger partial charge on any atom is 0.0554 e. The lowest BCUT2D eigenvalue weighted by atomic mass is 9.61. The molecule has 3 atom stereocenters. The first-order chi connectivity index (χ1) is 10.4. The molecule has 0 amide bonds. The standard InChI is InChI=1S/C15H26Br6O/c1-12(22)13(2-7-16)15(21,6-11-20)14(3-8-17,4-9-18)5-10-19/h12-13,22H,2-11H2,1H3. The minimum absolute atomic E-state index is 0.0965. The smallest absolute Gasteiger partial charge is 0.0554 e. The number of halogens is 6. The van der Waals surface area contributed by atoms with Crippen molar-refractivity contribution >= 4 is 95.6 Å². The molecule has 0 aromatic carbocycles. The van der Waals surface area contributed by atoms with E-state index in [0.717, 1.165) is 58.8 Å². The van der Waals surface area contributed by atoms with Crippen LogP contribution in [0.2, 0.25) is 0 Å². The molecule has 0 aliphatic carbocycles. The quantitative estimate of drug-likeness (QED) is 0.205. The van der Waals surface area contributed by atoms with E-state index < -0.39 is 0 Å². The number of aliphatic hydroxyl groups excluding tert-OH is 1. The third-order valence-electron chi connectivity index (χ3n) is 4.65. The van der Waals surface area contributed by atoms with Gasteiger partial charge in [0.05, 0.1) is 6.10 Å². The van der Waals surface area contributed by atoms with Crippen LogP contribution in [0.1, 0.15) is 39.0 Å². The first-order valence-corrected chi connectivity index (χ1v) is 14.0. The van der Waals surface area contributed by atoms with Gasteiger partial charge in [-0.15, -0.1) is 0 Å². The molecule has 0 saturated heterocycles. The third kappa shape index (κ3) is 6.53. The molecule has 3 unspecified atom stereocenters. The lowest BCUT2D eigenvalue weighted by Crippen LogP contribution is -2.53. The van der Waals surface area contributed by atoms with E-state index in [2.05, 4.69) is 95.6 Å². The zero-order valence-electron chi connectivity index (χ0n) is 12.9. The largest absolute Gasteiger partial charge is 0.393 e. The second-order valence-corrected chi connectivity index (χ2v) is 11.1. The molecule has 7 heteroatoms. The summed E-state index contributed by atoms with van der Waals surface area (Å²) in [6, 6.07) is 0. The Labute approximate surface area is 186 Å². The van der Waals surface area contributed by atoms with E-state index in [1.807, 2.05) is 6.92 Å². The van der Waals surface area contributed by atoms with E-state index in [0.29, 0.717) is 0 Å². The van der Waals surface area contributed by atoms with Crippen LogP contribution in [0.5, 0.6) is 0 Å². The molecule has 134 valence electrons. The van der Waals surface area contributed by atoms with Gasteiger partial charge in [-0.25, -0.2) is 0 Å². The van der Waals surface area contributed by atoms with Crippen molar-refractivity contribution in [2.45, 2.75) is 49.5 Å². The summed E-state index contributed by atoms with van der Waals surface area (Å²) in [6.45, 7) is 1.93. The molecule has 1 N–H and O–H groups in total. The van der Waals surface area contributed by atoms with Crippen molar-refractivity contribution in [3.05, 3.63) is 0 Å². The summed E-state index contributed by atoms with van der Waals surface area (Å²) in [7, 11) is 0. The summed E-state index contributed by atoms with van der Waals surface area (Å²) in [5.74, 6) is 0.210. The molecule has 0 bridgehead atoms. The molecule has 0 spiro atoms. The summed E-state index contributed by atoms with van der Waals surface area (Å²) >= 11 is 22.4. The second kappa shape index (κ2) is 13.1. The van der Waals surface area contributed by atoms with Crippen molar-refractivity contribution < 1.29 is 5.11 Å². The van der Waals surface area contributed by atoms with Gasteiger partial charge in [0.1, 0.15) is 0 Å². The number of alkyl halides is 6. The van der Waals surface area contributed by atoms with Crippen LogP contribution in [-0.2, 0) is 0 Å². The topological polar surface area (TPSA) is 20.2 Å². The van der Waals surface area contributed by atoms with E-state index in [1.54, 1.807) is 0 Å². The van der Waals surface area contributed by atoms with E-state index in [-0.39, 0.29) is 21.8 Å². The highest BCUT2D eigenvalue weighted by atomic mass is 79.9. The van der Waals surface area contributed by atoms with Gasteiger partial charge in [0.25, 0.3) is 0 Å². The number of rotatable bonds is 13. The Hall–Kier alpha value is 2.84. The van der Waals surface area contributed by atoms with Crippen molar-refractivity contribution in [3.63, 3.8) is 0 Å². The maximum atomic E-state index is 10.5. The van der Waals surface area contributed by atoms with Crippen LogP contribution in [0.15, 0.2) is 0 Å². The average molecular weight is 702 g/mol. The Morgan fingerprint density at radius 1 is 0.773 bits per heavy atom. The molecule has 0 radical (unpaired) electrons. The molecule has 0 saturated carbocycles. The second-order valence-electron chi connectivity index (χ2n) is 5.72. The van der Waals surface area contributed by atoms with Gasteiger partial charge >= 0.3 is 0 Å². The van der Waals surface area contributed by atoms with E-state index in [4.69, 9.17) is 0 Å². The van der Waals surface area contributed by atoms with Crippen LogP contribution in [-0.4, -0.2) is 42.2 Å². The highest BCUT2D eigenvalue weighted by molar-refractivity contribution is 9.10. The minimum Gasteiger partial charge on any atom is -0.393 e. The number of hydrogen-bond acceptors (Lipinski definition) is 1. The highest BCUT2D eigenvalue weighted by Gasteiger charge is 2.52. The highest BCUT2D eigenvalue weighted by Crippen LogP contribution is 2.56. The van der Waals surface area contributed by atoms with Crippen LogP contribution < -0.4 is 0 Å². The summed E-state index contributed by atoms with van der Waals surface area (Å²) in [6.07, 6.45) is 4.90. The molecule has 0 heterocycles. The van der Waals surface area contributed by atoms with Gasteiger partial charge in [0.15, 0.2) is 0 Å². The van der Waals surface area contributed by atoms with Crippen LogP contribution in [0.25, 0.3) is 0 Å². The first kappa shape index (κ1) is 24.8. The van der Waals surface area contributed by atoms with Crippen LogP contribution >= 0.6 is 95.6 Å². The Balaban J connectivity index is 5.92. The van der Waals surface area contributed by atoms with Crippen LogP contribution in [0.4, 0.5) is 0 Å². The Morgan fingerprint density at radius 2 is 1.18 bits per heavy atom. The first-order valence-electron chi connectivity index (χ1n) is 7.56. The molecule has 1 nitrogen and oxygen atoms in total. The van der Waals surface area contributed by atoms with Gasteiger partial charge in [-0.05, 0) is 44.4 Å². The van der Waals surface area contributed by atoms with Crippen molar-refractivity contribution in [3.8, 4) is 0 Å². The van der Waals surface area contributed by atoms with Gasteiger partial charge in [-0.2, -0.15) is 0 Å². The average Bonchev–Trinajstić information content (AvgIpc) is 2.45. The Bertz CT molecular complexity index is 272.